The van der Waals surface area contributed by atoms with E-state index in [0.717, 1.165) is 24.8 Å². The maximum Gasteiger partial charge on any atom is 0.223 e. The molecule has 18 heavy (non-hydrogen) atoms. The van der Waals surface area contributed by atoms with Crippen LogP contribution in [0.15, 0.2) is 18.2 Å². The highest BCUT2D eigenvalue weighted by Gasteiger charge is 2.26. The first-order chi connectivity index (χ1) is 8.61. The topological polar surface area (TPSA) is 38.3 Å². The van der Waals surface area contributed by atoms with Crippen LogP contribution in [-0.4, -0.2) is 13.0 Å². The van der Waals surface area contributed by atoms with Crippen LogP contribution >= 0.6 is 0 Å². The van der Waals surface area contributed by atoms with Crippen molar-refractivity contribution in [3.05, 3.63) is 29.6 Å². The molecule has 0 heterocycles. The standard InChI is InChI=1S/C14H18FNO2/c1-9(16-14(17)10-4-3-5-10)11-6-7-13(18-2)12(15)8-11/h6-10H,3-5H2,1-2H3,(H,16,17). The van der Waals surface area contributed by atoms with Crippen LogP contribution in [0.25, 0.3) is 0 Å². The number of carbonyl (C=O) groups is 1. The number of amides is 1. The Bertz CT molecular complexity index is 443. The number of rotatable bonds is 4. The molecule has 4 heteroatoms. The van der Waals surface area contributed by atoms with Gasteiger partial charge in [-0.25, -0.2) is 4.39 Å². The molecule has 1 amide bonds. The summed E-state index contributed by atoms with van der Waals surface area (Å²) < 4.78 is 18.4. The molecule has 0 radical (unpaired) electrons. The molecule has 1 N–H and O–H groups in total. The summed E-state index contributed by atoms with van der Waals surface area (Å²) in [6, 6.07) is 4.58. The number of nitrogens with one attached hydrogen (secondary N) is 1. The monoisotopic (exact) mass is 251 g/mol. The van der Waals surface area contributed by atoms with Crippen molar-refractivity contribution in [2.24, 2.45) is 5.92 Å². The van der Waals surface area contributed by atoms with Crippen LogP contribution in [0.5, 0.6) is 5.75 Å². The minimum absolute atomic E-state index is 0.0741. The fourth-order valence-corrected chi connectivity index (χ4v) is 2.04. The van der Waals surface area contributed by atoms with E-state index in [0.29, 0.717) is 0 Å². The minimum Gasteiger partial charge on any atom is -0.494 e. The molecule has 3 nitrogen and oxygen atoms in total. The fraction of sp³-hybridized carbons (Fsp3) is 0.500. The maximum atomic E-state index is 13.5. The largest absolute Gasteiger partial charge is 0.494 e. The predicted molar refractivity (Wildman–Crippen MR) is 66.9 cm³/mol. The Morgan fingerprint density at radius 2 is 2.22 bits per heavy atom. The van der Waals surface area contributed by atoms with Gasteiger partial charge in [0.15, 0.2) is 11.6 Å². The highest BCUT2D eigenvalue weighted by Crippen LogP contribution is 2.28. The molecular weight excluding hydrogens is 233 g/mol. The van der Waals surface area contributed by atoms with Crippen LogP contribution in [-0.2, 0) is 4.79 Å². The first-order valence-corrected chi connectivity index (χ1v) is 6.25. The van der Waals surface area contributed by atoms with E-state index in [4.69, 9.17) is 4.74 Å². The lowest BCUT2D eigenvalue weighted by Crippen LogP contribution is -2.36. The van der Waals surface area contributed by atoms with Crippen LogP contribution in [0.3, 0.4) is 0 Å². The van der Waals surface area contributed by atoms with Crippen molar-refractivity contribution in [2.45, 2.75) is 32.2 Å². The Balaban J connectivity index is 2.01. The smallest absolute Gasteiger partial charge is 0.223 e. The van der Waals surface area contributed by atoms with Gasteiger partial charge in [0, 0.05) is 5.92 Å². The summed E-state index contributed by atoms with van der Waals surface area (Å²) in [4.78, 5) is 11.8. The summed E-state index contributed by atoms with van der Waals surface area (Å²) in [6.07, 6.45) is 3.06. The predicted octanol–water partition coefficient (Wildman–Crippen LogP) is 2.81. The summed E-state index contributed by atoms with van der Waals surface area (Å²) in [5, 5.41) is 2.92. The Hall–Kier alpha value is -1.58. The number of hydrogen-bond donors (Lipinski definition) is 1. The van der Waals surface area contributed by atoms with E-state index in [1.807, 2.05) is 6.92 Å². The van der Waals surface area contributed by atoms with Crippen molar-refractivity contribution in [2.75, 3.05) is 7.11 Å². The van der Waals surface area contributed by atoms with Gasteiger partial charge >= 0.3 is 0 Å². The van der Waals surface area contributed by atoms with E-state index >= 15 is 0 Å². The molecule has 1 aliphatic carbocycles. The molecule has 1 atom stereocenters. The van der Waals surface area contributed by atoms with Gasteiger partial charge in [0.25, 0.3) is 0 Å². The second-order valence-electron chi connectivity index (χ2n) is 4.75. The van der Waals surface area contributed by atoms with E-state index in [1.54, 1.807) is 12.1 Å². The van der Waals surface area contributed by atoms with Crippen LogP contribution in [0.2, 0.25) is 0 Å². The third-order valence-electron chi connectivity index (χ3n) is 3.51. The van der Waals surface area contributed by atoms with Gasteiger partial charge in [-0.3, -0.25) is 4.79 Å². The summed E-state index contributed by atoms with van der Waals surface area (Å²) in [5.74, 6) is 0.0385. The molecule has 1 aromatic rings. The Labute approximate surface area is 106 Å². The molecular formula is C14H18FNO2. The maximum absolute atomic E-state index is 13.5. The second kappa shape index (κ2) is 5.38. The number of benzene rings is 1. The van der Waals surface area contributed by atoms with Crippen molar-refractivity contribution >= 4 is 5.91 Å². The normalized spacial score (nSPS) is 16.8. The van der Waals surface area contributed by atoms with Crippen LogP contribution in [0.1, 0.15) is 37.8 Å². The highest BCUT2D eigenvalue weighted by molar-refractivity contribution is 5.79. The van der Waals surface area contributed by atoms with Crippen LogP contribution in [0.4, 0.5) is 4.39 Å². The van der Waals surface area contributed by atoms with Crippen molar-refractivity contribution in [1.82, 2.24) is 5.32 Å². The van der Waals surface area contributed by atoms with Gasteiger partial charge in [-0.15, -0.1) is 0 Å². The third kappa shape index (κ3) is 2.63. The number of carbonyl (C=O) groups excluding carboxylic acids is 1. The summed E-state index contributed by atoms with van der Waals surface area (Å²) in [6.45, 7) is 1.86. The van der Waals surface area contributed by atoms with E-state index in [1.165, 1.54) is 13.2 Å². The van der Waals surface area contributed by atoms with Gasteiger partial charge in [0.05, 0.1) is 13.2 Å². The first kappa shape index (κ1) is 12.9. The third-order valence-corrected chi connectivity index (χ3v) is 3.51. The number of methoxy groups -OCH3 is 1. The fourth-order valence-electron chi connectivity index (χ4n) is 2.04. The van der Waals surface area contributed by atoms with E-state index in [9.17, 15) is 9.18 Å². The van der Waals surface area contributed by atoms with Crippen molar-refractivity contribution in [1.29, 1.82) is 0 Å². The van der Waals surface area contributed by atoms with Gasteiger partial charge in [-0.05, 0) is 37.5 Å². The lowest BCUT2D eigenvalue weighted by molar-refractivity contribution is -0.128. The molecule has 0 saturated heterocycles. The Morgan fingerprint density at radius 1 is 1.50 bits per heavy atom. The van der Waals surface area contributed by atoms with Gasteiger partial charge in [-0.1, -0.05) is 12.5 Å². The molecule has 1 saturated carbocycles. The zero-order valence-electron chi connectivity index (χ0n) is 10.7. The molecule has 0 aromatic heterocycles. The molecule has 0 aliphatic heterocycles. The van der Waals surface area contributed by atoms with Gasteiger partial charge in [0.1, 0.15) is 0 Å². The average Bonchev–Trinajstić information content (AvgIpc) is 2.26. The zero-order chi connectivity index (χ0) is 13.1. The molecule has 98 valence electrons. The van der Waals surface area contributed by atoms with Crippen LogP contribution in [0, 0.1) is 11.7 Å². The van der Waals surface area contributed by atoms with Crippen molar-refractivity contribution in [3.8, 4) is 5.75 Å². The molecule has 0 bridgehead atoms. The van der Waals surface area contributed by atoms with E-state index in [2.05, 4.69) is 5.32 Å². The molecule has 1 fully saturated rings. The zero-order valence-corrected chi connectivity index (χ0v) is 10.7. The van der Waals surface area contributed by atoms with Gasteiger partial charge in [0.2, 0.25) is 5.91 Å². The van der Waals surface area contributed by atoms with Crippen LogP contribution < -0.4 is 10.1 Å². The van der Waals surface area contributed by atoms with Gasteiger partial charge in [-0.2, -0.15) is 0 Å². The molecule has 1 aliphatic rings. The second-order valence-corrected chi connectivity index (χ2v) is 4.75. The Kier molecular flexibility index (Phi) is 3.84. The number of ether oxygens (including phenoxy) is 1. The van der Waals surface area contributed by atoms with Gasteiger partial charge < -0.3 is 10.1 Å². The summed E-state index contributed by atoms with van der Waals surface area (Å²) in [5.41, 5.74) is 0.751. The molecule has 0 spiro atoms. The number of hydrogen-bond acceptors (Lipinski definition) is 2. The van der Waals surface area contributed by atoms with E-state index < -0.39 is 5.82 Å². The van der Waals surface area contributed by atoms with E-state index in [-0.39, 0.29) is 23.6 Å². The number of halogens is 1. The summed E-state index contributed by atoms with van der Waals surface area (Å²) in [7, 11) is 1.43. The molecule has 2 rings (SSSR count). The van der Waals surface area contributed by atoms with Crippen molar-refractivity contribution in [3.63, 3.8) is 0 Å². The van der Waals surface area contributed by atoms with Crippen molar-refractivity contribution < 1.29 is 13.9 Å². The average molecular weight is 251 g/mol. The quantitative estimate of drug-likeness (QED) is 0.893. The minimum atomic E-state index is -0.403. The Morgan fingerprint density at radius 3 is 2.72 bits per heavy atom. The summed E-state index contributed by atoms with van der Waals surface area (Å²) >= 11 is 0. The first-order valence-electron chi connectivity index (χ1n) is 6.25. The SMILES string of the molecule is COc1ccc(C(C)NC(=O)C2CCC2)cc1F. The molecule has 1 aromatic carbocycles. The lowest BCUT2D eigenvalue weighted by atomic mass is 9.84. The lowest BCUT2D eigenvalue weighted by Gasteiger charge is -2.26. The highest BCUT2D eigenvalue weighted by atomic mass is 19.1. The molecule has 1 unspecified atom stereocenters.